The second-order valence-electron chi connectivity index (χ2n) is 6.12. The molecule has 144 valence electrons. The van der Waals surface area contributed by atoms with Gasteiger partial charge in [-0.25, -0.2) is 13.8 Å². The smallest absolute Gasteiger partial charge is 0.257 e. The van der Waals surface area contributed by atoms with Gasteiger partial charge < -0.3 is 9.73 Å². The number of thiocarbonyl (C=S) groups is 1. The van der Waals surface area contributed by atoms with E-state index in [1.807, 2.05) is 0 Å². The van der Waals surface area contributed by atoms with Crippen molar-refractivity contribution in [3.8, 4) is 11.5 Å². The van der Waals surface area contributed by atoms with E-state index in [2.05, 4.69) is 15.6 Å². The number of carbonyl (C=O) groups excluding carboxylic acids is 1. The molecule has 5 nitrogen and oxygen atoms in total. The van der Waals surface area contributed by atoms with Gasteiger partial charge in [0.25, 0.3) is 5.91 Å². The predicted molar refractivity (Wildman–Crippen MR) is 109 cm³/mol. The van der Waals surface area contributed by atoms with Crippen LogP contribution in [0, 0.1) is 11.6 Å². The number of anilines is 1. The number of rotatable bonds is 3. The van der Waals surface area contributed by atoms with E-state index < -0.39 is 11.7 Å². The highest BCUT2D eigenvalue weighted by atomic mass is 32.1. The Hall–Kier alpha value is -3.65. The van der Waals surface area contributed by atoms with E-state index in [0.717, 1.165) is 0 Å². The molecule has 0 bridgehead atoms. The molecule has 2 N–H and O–H groups in total. The highest BCUT2D eigenvalue weighted by Crippen LogP contribution is 2.26. The molecule has 4 rings (SSSR count). The van der Waals surface area contributed by atoms with Crippen molar-refractivity contribution in [2.75, 3.05) is 5.32 Å². The molecular weight excluding hydrogens is 396 g/mol. The van der Waals surface area contributed by atoms with Crippen molar-refractivity contribution in [2.45, 2.75) is 0 Å². The topological polar surface area (TPSA) is 67.2 Å². The van der Waals surface area contributed by atoms with Crippen LogP contribution in [0.5, 0.6) is 0 Å². The number of hydrogen-bond acceptors (Lipinski definition) is 4. The summed E-state index contributed by atoms with van der Waals surface area (Å²) in [5.41, 5.74) is 2.66. The van der Waals surface area contributed by atoms with E-state index in [1.165, 1.54) is 36.4 Å². The highest BCUT2D eigenvalue weighted by molar-refractivity contribution is 7.80. The van der Waals surface area contributed by atoms with Crippen LogP contribution in [0.4, 0.5) is 14.5 Å². The van der Waals surface area contributed by atoms with Crippen molar-refractivity contribution in [1.82, 2.24) is 10.3 Å². The number of nitrogens with zero attached hydrogens (tertiary/aromatic N) is 1. The summed E-state index contributed by atoms with van der Waals surface area (Å²) in [5.74, 6) is -0.858. The minimum absolute atomic E-state index is 0.0842. The second kappa shape index (κ2) is 7.76. The van der Waals surface area contributed by atoms with Gasteiger partial charge in [-0.2, -0.15) is 0 Å². The molecule has 0 saturated heterocycles. The molecule has 8 heteroatoms. The van der Waals surface area contributed by atoms with Crippen molar-refractivity contribution in [2.24, 2.45) is 0 Å². The summed E-state index contributed by atoms with van der Waals surface area (Å²) in [4.78, 5) is 16.5. The third kappa shape index (κ3) is 4.27. The van der Waals surface area contributed by atoms with Crippen LogP contribution in [-0.4, -0.2) is 16.0 Å². The zero-order chi connectivity index (χ0) is 20.4. The Balaban J connectivity index is 1.47. The number of hydrogen-bond donors (Lipinski definition) is 2. The first-order valence-corrected chi connectivity index (χ1v) is 8.93. The van der Waals surface area contributed by atoms with Crippen molar-refractivity contribution in [1.29, 1.82) is 0 Å². The minimum atomic E-state index is -0.455. The molecule has 1 heterocycles. The number of halogens is 2. The Morgan fingerprint density at radius 2 is 1.59 bits per heavy atom. The maximum atomic E-state index is 13.1. The zero-order valence-electron chi connectivity index (χ0n) is 14.8. The van der Waals surface area contributed by atoms with Gasteiger partial charge in [0.05, 0.1) is 0 Å². The fourth-order valence-corrected chi connectivity index (χ4v) is 2.87. The van der Waals surface area contributed by atoms with Crippen LogP contribution in [0.15, 0.2) is 71.1 Å². The van der Waals surface area contributed by atoms with Gasteiger partial charge in [0.15, 0.2) is 10.7 Å². The number of oxazole rings is 1. The lowest BCUT2D eigenvalue weighted by atomic mass is 10.2. The SMILES string of the molecule is O=C(NC(=S)Nc1ccc2oc(-c3ccc(F)cc3)nc2c1)c1ccc(F)cc1. The number of fused-ring (bicyclic) bond motifs is 1. The van der Waals surface area contributed by atoms with Crippen molar-refractivity contribution in [3.05, 3.63) is 83.9 Å². The first-order chi connectivity index (χ1) is 14.0. The summed E-state index contributed by atoms with van der Waals surface area (Å²) in [6.45, 7) is 0. The van der Waals surface area contributed by atoms with E-state index in [4.69, 9.17) is 16.6 Å². The molecule has 0 fully saturated rings. The Kier molecular flexibility index (Phi) is 5.01. The Morgan fingerprint density at radius 3 is 2.28 bits per heavy atom. The number of benzene rings is 3. The lowest BCUT2D eigenvalue weighted by molar-refractivity contribution is 0.0977. The number of carbonyl (C=O) groups is 1. The third-order valence-corrected chi connectivity index (χ3v) is 4.27. The average molecular weight is 409 g/mol. The summed E-state index contributed by atoms with van der Waals surface area (Å²) in [6, 6.07) is 16.1. The molecule has 1 aromatic heterocycles. The van der Waals surface area contributed by atoms with Gasteiger partial charge >= 0.3 is 0 Å². The normalized spacial score (nSPS) is 10.7. The molecule has 0 unspecified atom stereocenters. The number of amides is 1. The number of nitrogens with one attached hydrogen (secondary N) is 2. The van der Waals surface area contributed by atoms with E-state index >= 15 is 0 Å². The summed E-state index contributed by atoms with van der Waals surface area (Å²) in [5, 5.41) is 5.51. The fraction of sp³-hybridized carbons (Fsp3) is 0. The lowest BCUT2D eigenvalue weighted by Gasteiger charge is -2.09. The van der Waals surface area contributed by atoms with Gasteiger partial charge in [-0.05, 0) is 78.9 Å². The summed E-state index contributed by atoms with van der Waals surface area (Å²) < 4.78 is 31.7. The first kappa shape index (κ1) is 18.7. The first-order valence-electron chi connectivity index (χ1n) is 8.52. The molecular formula is C21H13F2N3O2S. The van der Waals surface area contributed by atoms with Crippen LogP contribution >= 0.6 is 12.2 Å². The molecule has 1 amide bonds. The molecule has 0 aliphatic rings. The maximum absolute atomic E-state index is 13.1. The molecule has 0 aliphatic carbocycles. The molecule has 3 aromatic carbocycles. The van der Waals surface area contributed by atoms with Crippen LogP contribution < -0.4 is 10.6 Å². The maximum Gasteiger partial charge on any atom is 0.257 e. The van der Waals surface area contributed by atoms with Crippen LogP contribution in [0.1, 0.15) is 10.4 Å². The molecule has 0 atom stereocenters. The van der Waals surface area contributed by atoms with Crippen LogP contribution in [0.25, 0.3) is 22.6 Å². The van der Waals surface area contributed by atoms with Gasteiger partial charge in [-0.3, -0.25) is 10.1 Å². The molecule has 0 spiro atoms. The molecule has 29 heavy (non-hydrogen) atoms. The van der Waals surface area contributed by atoms with E-state index in [-0.39, 0.29) is 16.5 Å². The fourth-order valence-electron chi connectivity index (χ4n) is 2.66. The summed E-state index contributed by atoms with van der Waals surface area (Å²) >= 11 is 5.16. The van der Waals surface area contributed by atoms with Crippen molar-refractivity contribution < 1.29 is 18.0 Å². The Bertz CT molecular complexity index is 1210. The highest BCUT2D eigenvalue weighted by Gasteiger charge is 2.11. The van der Waals surface area contributed by atoms with Gasteiger partial charge in [0.1, 0.15) is 17.2 Å². The van der Waals surface area contributed by atoms with Gasteiger partial charge in [0.2, 0.25) is 5.89 Å². The van der Waals surface area contributed by atoms with Gasteiger partial charge in [-0.1, -0.05) is 0 Å². The quantitative estimate of drug-likeness (QED) is 0.471. The summed E-state index contributed by atoms with van der Waals surface area (Å²) in [6.07, 6.45) is 0. The largest absolute Gasteiger partial charge is 0.436 e. The molecule has 0 aliphatic heterocycles. The third-order valence-electron chi connectivity index (χ3n) is 4.07. The zero-order valence-corrected chi connectivity index (χ0v) is 15.6. The standard InChI is InChI=1S/C21H13F2N3O2S/c22-14-5-1-12(2-6-14)19(27)26-21(29)24-16-9-10-18-17(11-16)25-20(28-18)13-3-7-15(23)8-4-13/h1-11H,(H2,24,26,27,29). The minimum Gasteiger partial charge on any atom is -0.436 e. The Labute approximate surface area is 169 Å². The molecule has 4 aromatic rings. The molecule has 0 radical (unpaired) electrons. The Morgan fingerprint density at radius 1 is 0.931 bits per heavy atom. The van der Waals surface area contributed by atoms with Crippen LogP contribution in [0.3, 0.4) is 0 Å². The van der Waals surface area contributed by atoms with E-state index in [1.54, 1.807) is 30.3 Å². The van der Waals surface area contributed by atoms with Crippen LogP contribution in [0.2, 0.25) is 0 Å². The van der Waals surface area contributed by atoms with Crippen molar-refractivity contribution >= 4 is 40.0 Å². The second-order valence-corrected chi connectivity index (χ2v) is 6.53. The monoisotopic (exact) mass is 409 g/mol. The number of aromatic nitrogens is 1. The van der Waals surface area contributed by atoms with Crippen molar-refractivity contribution in [3.63, 3.8) is 0 Å². The average Bonchev–Trinajstić information content (AvgIpc) is 3.12. The lowest BCUT2D eigenvalue weighted by Crippen LogP contribution is -2.34. The molecule has 0 saturated carbocycles. The summed E-state index contributed by atoms with van der Waals surface area (Å²) in [7, 11) is 0. The van der Waals surface area contributed by atoms with Crippen LogP contribution in [-0.2, 0) is 0 Å². The van der Waals surface area contributed by atoms with Gasteiger partial charge in [0, 0.05) is 16.8 Å². The van der Waals surface area contributed by atoms with Gasteiger partial charge in [-0.15, -0.1) is 0 Å². The van der Waals surface area contributed by atoms with E-state index in [9.17, 15) is 13.6 Å². The van der Waals surface area contributed by atoms with E-state index in [0.29, 0.717) is 28.2 Å². The predicted octanol–water partition coefficient (Wildman–Crippen LogP) is 4.90.